The summed E-state index contributed by atoms with van der Waals surface area (Å²) in [5.41, 5.74) is 4.16. The lowest BCUT2D eigenvalue weighted by Gasteiger charge is -2.25. The molecular formula is C22H24ClNO2. The minimum atomic E-state index is -0.797. The summed E-state index contributed by atoms with van der Waals surface area (Å²) in [6.07, 6.45) is 5.82. The fourth-order valence-electron chi connectivity index (χ4n) is 3.18. The van der Waals surface area contributed by atoms with E-state index in [9.17, 15) is 4.79 Å². The monoisotopic (exact) mass is 369 g/mol. The number of halogens is 1. The molecule has 0 atom stereocenters. The molecule has 3 rings (SSSR count). The van der Waals surface area contributed by atoms with Gasteiger partial charge in [0.1, 0.15) is 0 Å². The highest BCUT2D eigenvalue weighted by Crippen LogP contribution is 2.24. The Morgan fingerprint density at radius 1 is 1.00 bits per heavy atom. The van der Waals surface area contributed by atoms with E-state index in [0.29, 0.717) is 12.1 Å². The highest BCUT2D eigenvalue weighted by Gasteiger charge is 2.16. The number of rotatable bonds is 6. The van der Waals surface area contributed by atoms with E-state index >= 15 is 0 Å². The van der Waals surface area contributed by atoms with Gasteiger partial charge in [-0.25, -0.2) is 4.79 Å². The fourth-order valence-corrected chi connectivity index (χ4v) is 3.18. The average molecular weight is 370 g/mol. The molecule has 0 bridgehead atoms. The molecule has 0 amide bonds. The normalized spacial score (nSPS) is 14.1. The van der Waals surface area contributed by atoms with Gasteiger partial charge in [-0.15, -0.1) is 12.4 Å². The summed E-state index contributed by atoms with van der Waals surface area (Å²) in [6, 6.07) is 20.8. The molecule has 0 fully saturated rings. The van der Waals surface area contributed by atoms with Gasteiger partial charge in [0.25, 0.3) is 0 Å². The van der Waals surface area contributed by atoms with Crippen LogP contribution in [0.15, 0.2) is 78.4 Å². The molecule has 136 valence electrons. The first-order valence-electron chi connectivity index (χ1n) is 8.70. The van der Waals surface area contributed by atoms with Crippen molar-refractivity contribution in [1.82, 2.24) is 4.90 Å². The Labute approximate surface area is 161 Å². The Balaban J connectivity index is 0.00000243. The third kappa shape index (κ3) is 5.32. The minimum absolute atomic E-state index is 0. The van der Waals surface area contributed by atoms with E-state index in [2.05, 4.69) is 59.5 Å². The molecule has 2 aromatic carbocycles. The van der Waals surface area contributed by atoms with Crippen LogP contribution in [0.3, 0.4) is 0 Å². The van der Waals surface area contributed by atoms with Gasteiger partial charge in [0.15, 0.2) is 0 Å². The van der Waals surface area contributed by atoms with Crippen molar-refractivity contribution in [3.05, 3.63) is 89.5 Å². The molecule has 0 saturated heterocycles. The smallest absolute Gasteiger partial charge is 0.332 e. The third-order valence-electron chi connectivity index (χ3n) is 4.47. The van der Waals surface area contributed by atoms with E-state index in [1.165, 1.54) is 16.7 Å². The zero-order valence-corrected chi connectivity index (χ0v) is 15.5. The Morgan fingerprint density at radius 3 is 2.12 bits per heavy atom. The maximum Gasteiger partial charge on any atom is 0.332 e. The van der Waals surface area contributed by atoms with Gasteiger partial charge in [-0.3, -0.25) is 4.90 Å². The first kappa shape index (κ1) is 20.0. The Bertz CT molecular complexity index is 728. The van der Waals surface area contributed by atoms with E-state index in [1.807, 2.05) is 18.2 Å². The van der Waals surface area contributed by atoms with Gasteiger partial charge in [-0.05, 0) is 29.5 Å². The van der Waals surface area contributed by atoms with Crippen LogP contribution in [0.2, 0.25) is 0 Å². The number of aliphatic carboxylic acids is 1. The zero-order chi connectivity index (χ0) is 17.5. The highest BCUT2D eigenvalue weighted by molar-refractivity contribution is 5.87. The van der Waals surface area contributed by atoms with Crippen molar-refractivity contribution in [2.75, 3.05) is 19.6 Å². The quantitative estimate of drug-likeness (QED) is 0.805. The van der Waals surface area contributed by atoms with E-state index in [4.69, 9.17) is 5.11 Å². The number of carboxylic acids is 1. The summed E-state index contributed by atoms with van der Waals surface area (Å²) in [7, 11) is 0. The summed E-state index contributed by atoms with van der Waals surface area (Å²) in [5, 5.41) is 9.16. The Hall–Kier alpha value is -2.36. The molecule has 0 saturated carbocycles. The first-order valence-corrected chi connectivity index (χ1v) is 8.70. The number of carbonyl (C=O) groups is 1. The first-order chi connectivity index (χ1) is 12.2. The lowest BCUT2D eigenvalue weighted by atomic mass is 9.97. The summed E-state index contributed by atoms with van der Waals surface area (Å²) < 4.78 is 0. The molecule has 1 aliphatic rings. The van der Waals surface area contributed by atoms with Crippen LogP contribution in [0, 0.1) is 0 Å². The van der Waals surface area contributed by atoms with Crippen LogP contribution >= 0.6 is 12.4 Å². The SMILES string of the molecule is Cl.O=C(O)C1=CCCN(CCC=C(c2ccccc2)c2ccccc2)C1. The van der Waals surface area contributed by atoms with Gasteiger partial charge in [0.2, 0.25) is 0 Å². The number of hydrogen-bond donors (Lipinski definition) is 1. The molecular weight excluding hydrogens is 346 g/mol. The minimum Gasteiger partial charge on any atom is -0.478 e. The molecule has 2 aromatic rings. The van der Waals surface area contributed by atoms with Crippen LogP contribution in [0.1, 0.15) is 24.0 Å². The number of nitrogens with zero attached hydrogens (tertiary/aromatic N) is 1. The molecule has 0 spiro atoms. The molecule has 26 heavy (non-hydrogen) atoms. The fraction of sp³-hybridized carbons (Fsp3) is 0.227. The maximum atomic E-state index is 11.1. The summed E-state index contributed by atoms with van der Waals surface area (Å²) >= 11 is 0. The maximum absolute atomic E-state index is 11.1. The Morgan fingerprint density at radius 2 is 1.58 bits per heavy atom. The van der Waals surface area contributed by atoms with Crippen molar-refractivity contribution in [2.24, 2.45) is 0 Å². The molecule has 1 N–H and O–H groups in total. The van der Waals surface area contributed by atoms with Gasteiger partial charge >= 0.3 is 5.97 Å². The number of benzene rings is 2. The van der Waals surface area contributed by atoms with Gasteiger partial charge in [-0.2, -0.15) is 0 Å². The molecule has 0 aromatic heterocycles. The van der Waals surface area contributed by atoms with E-state index < -0.39 is 5.97 Å². The van der Waals surface area contributed by atoms with Crippen LogP contribution in [0.5, 0.6) is 0 Å². The van der Waals surface area contributed by atoms with Crippen LogP contribution in [0.4, 0.5) is 0 Å². The summed E-state index contributed by atoms with van der Waals surface area (Å²) in [6.45, 7) is 2.33. The van der Waals surface area contributed by atoms with Crippen LogP contribution in [-0.2, 0) is 4.79 Å². The van der Waals surface area contributed by atoms with Crippen LogP contribution in [-0.4, -0.2) is 35.6 Å². The second kappa shape index (κ2) is 9.95. The zero-order valence-electron chi connectivity index (χ0n) is 14.7. The van der Waals surface area contributed by atoms with E-state index in [-0.39, 0.29) is 12.4 Å². The van der Waals surface area contributed by atoms with Crippen molar-refractivity contribution in [2.45, 2.75) is 12.8 Å². The standard InChI is InChI=1S/C22H23NO2.ClH/c24-22(25)20-13-7-15-23(17-20)16-8-14-21(18-9-3-1-4-10-18)19-11-5-2-6-12-19;/h1-6,9-14H,7-8,15-17H2,(H,24,25);1H. The predicted octanol–water partition coefficient (Wildman–Crippen LogP) is 4.65. The van der Waals surface area contributed by atoms with Crippen molar-refractivity contribution in [3.8, 4) is 0 Å². The van der Waals surface area contributed by atoms with Gasteiger partial charge in [-0.1, -0.05) is 72.8 Å². The molecule has 0 unspecified atom stereocenters. The molecule has 0 radical (unpaired) electrons. The average Bonchev–Trinajstić information content (AvgIpc) is 2.67. The predicted molar refractivity (Wildman–Crippen MR) is 109 cm³/mol. The number of carboxylic acid groups (broad SMARTS) is 1. The van der Waals surface area contributed by atoms with Gasteiger partial charge in [0, 0.05) is 25.2 Å². The summed E-state index contributed by atoms with van der Waals surface area (Å²) in [5.74, 6) is -0.797. The number of hydrogen-bond acceptors (Lipinski definition) is 2. The van der Waals surface area contributed by atoms with Gasteiger partial charge < -0.3 is 5.11 Å². The van der Waals surface area contributed by atoms with Crippen LogP contribution in [0.25, 0.3) is 5.57 Å². The second-order valence-corrected chi connectivity index (χ2v) is 6.24. The van der Waals surface area contributed by atoms with E-state index in [0.717, 1.165) is 25.9 Å². The summed E-state index contributed by atoms with van der Waals surface area (Å²) in [4.78, 5) is 13.4. The van der Waals surface area contributed by atoms with Crippen molar-refractivity contribution >= 4 is 23.9 Å². The Kier molecular flexibility index (Phi) is 7.64. The van der Waals surface area contributed by atoms with Crippen molar-refractivity contribution in [1.29, 1.82) is 0 Å². The highest BCUT2D eigenvalue weighted by atomic mass is 35.5. The molecule has 1 aliphatic heterocycles. The lowest BCUT2D eigenvalue weighted by molar-refractivity contribution is -0.133. The molecule has 1 heterocycles. The van der Waals surface area contributed by atoms with Crippen molar-refractivity contribution < 1.29 is 9.90 Å². The molecule has 0 aliphatic carbocycles. The largest absolute Gasteiger partial charge is 0.478 e. The third-order valence-corrected chi connectivity index (χ3v) is 4.47. The molecule has 3 nitrogen and oxygen atoms in total. The van der Waals surface area contributed by atoms with E-state index in [1.54, 1.807) is 0 Å². The van der Waals surface area contributed by atoms with Gasteiger partial charge in [0.05, 0.1) is 0 Å². The lowest BCUT2D eigenvalue weighted by Crippen LogP contribution is -2.32. The van der Waals surface area contributed by atoms with Crippen LogP contribution < -0.4 is 0 Å². The second-order valence-electron chi connectivity index (χ2n) is 6.24. The topological polar surface area (TPSA) is 40.5 Å². The molecule has 4 heteroatoms. The van der Waals surface area contributed by atoms with Crippen molar-refractivity contribution in [3.63, 3.8) is 0 Å².